The number of carbonyl (C=O) groups is 1. The third kappa shape index (κ3) is 2.94. The van der Waals surface area contributed by atoms with Crippen LogP contribution >= 0.6 is 11.3 Å². The first kappa shape index (κ1) is 17.5. The molecule has 9 heteroatoms. The second kappa shape index (κ2) is 6.80. The minimum absolute atomic E-state index is 0.0431. The fourth-order valence-electron chi connectivity index (χ4n) is 4.33. The maximum Gasteiger partial charge on any atom is 0.226 e. The molecule has 0 radical (unpaired) electrons. The number of nitrogens with zero attached hydrogens (tertiary/aromatic N) is 7. The van der Waals surface area contributed by atoms with E-state index in [1.807, 2.05) is 16.6 Å². The van der Waals surface area contributed by atoms with Crippen molar-refractivity contribution in [1.29, 1.82) is 0 Å². The molecule has 1 unspecified atom stereocenters. The summed E-state index contributed by atoms with van der Waals surface area (Å²) in [4.78, 5) is 28.6. The van der Waals surface area contributed by atoms with Gasteiger partial charge in [0.1, 0.15) is 17.0 Å². The van der Waals surface area contributed by atoms with Crippen molar-refractivity contribution in [2.24, 2.45) is 13.0 Å². The molecule has 5 rings (SSSR count). The van der Waals surface area contributed by atoms with Gasteiger partial charge in [-0.3, -0.25) is 9.48 Å². The highest BCUT2D eigenvalue weighted by molar-refractivity contribution is 7.18. The van der Waals surface area contributed by atoms with Gasteiger partial charge in [0.2, 0.25) is 5.91 Å². The van der Waals surface area contributed by atoms with Crippen LogP contribution in [0, 0.1) is 12.8 Å². The number of aryl methyl sites for hydroxylation is 3. The minimum Gasteiger partial charge on any atom is -0.352 e. The predicted octanol–water partition coefficient (Wildman–Crippen LogP) is 1.58. The Kier molecular flexibility index (Phi) is 4.26. The number of rotatable bonds is 2. The third-order valence-electron chi connectivity index (χ3n) is 5.86. The molecule has 0 spiro atoms. The Morgan fingerprint density at radius 2 is 2.04 bits per heavy atom. The molecule has 1 aliphatic heterocycles. The van der Waals surface area contributed by atoms with Gasteiger partial charge in [-0.25, -0.2) is 9.97 Å². The highest BCUT2D eigenvalue weighted by atomic mass is 32.1. The van der Waals surface area contributed by atoms with Crippen molar-refractivity contribution in [3.8, 4) is 0 Å². The van der Waals surface area contributed by atoms with E-state index in [1.165, 1.54) is 4.88 Å². The molecule has 8 nitrogen and oxygen atoms in total. The fraction of sp³-hybridized carbons (Fsp3) is 0.526. The second-order valence-corrected chi connectivity index (χ2v) is 8.87. The van der Waals surface area contributed by atoms with Crippen LogP contribution in [0.4, 0.5) is 5.82 Å². The number of hydrogen-bond acceptors (Lipinski definition) is 7. The van der Waals surface area contributed by atoms with Crippen molar-refractivity contribution >= 4 is 33.3 Å². The Labute approximate surface area is 167 Å². The maximum atomic E-state index is 13.1. The van der Waals surface area contributed by atoms with Gasteiger partial charge in [-0.15, -0.1) is 16.4 Å². The highest BCUT2D eigenvalue weighted by Gasteiger charge is 2.32. The van der Waals surface area contributed by atoms with E-state index in [9.17, 15) is 4.79 Å². The Hall–Kier alpha value is -2.55. The summed E-state index contributed by atoms with van der Waals surface area (Å²) >= 11 is 1.70. The molecule has 28 heavy (non-hydrogen) atoms. The second-order valence-electron chi connectivity index (χ2n) is 7.63. The van der Waals surface area contributed by atoms with Crippen LogP contribution in [-0.4, -0.2) is 61.9 Å². The van der Waals surface area contributed by atoms with Crippen molar-refractivity contribution in [3.63, 3.8) is 0 Å². The van der Waals surface area contributed by atoms with E-state index >= 15 is 0 Å². The summed E-state index contributed by atoms with van der Waals surface area (Å²) in [6.07, 6.45) is 4.10. The van der Waals surface area contributed by atoms with E-state index in [1.54, 1.807) is 17.7 Å². The van der Waals surface area contributed by atoms with Crippen LogP contribution in [0.1, 0.15) is 22.7 Å². The van der Waals surface area contributed by atoms with Gasteiger partial charge in [-0.05, 0) is 25.8 Å². The standard InChI is InChI=1S/C19H23N7OS/c1-12-9-14-17(20-11-21-18(14)28-12)25-5-7-26(8-6-25)19(27)13-3-4-15-16(10-13)24(2)23-22-15/h9,11,13H,3-8,10H2,1-2H3. The van der Waals surface area contributed by atoms with E-state index in [-0.39, 0.29) is 11.8 Å². The van der Waals surface area contributed by atoms with Gasteiger partial charge >= 0.3 is 0 Å². The Morgan fingerprint density at radius 3 is 2.86 bits per heavy atom. The van der Waals surface area contributed by atoms with Crippen LogP contribution in [0.3, 0.4) is 0 Å². The lowest BCUT2D eigenvalue weighted by atomic mass is 9.88. The average molecular weight is 398 g/mol. The summed E-state index contributed by atoms with van der Waals surface area (Å²) in [6, 6.07) is 2.16. The zero-order valence-electron chi connectivity index (χ0n) is 16.1. The Balaban J connectivity index is 1.27. The molecule has 0 N–H and O–H groups in total. The largest absolute Gasteiger partial charge is 0.352 e. The molecule has 1 atom stereocenters. The van der Waals surface area contributed by atoms with Crippen molar-refractivity contribution in [2.75, 3.05) is 31.1 Å². The number of amides is 1. The quantitative estimate of drug-likeness (QED) is 0.653. The minimum atomic E-state index is 0.0431. The molecule has 0 saturated carbocycles. The number of piperazine rings is 1. The van der Waals surface area contributed by atoms with Crippen LogP contribution in [0.15, 0.2) is 12.4 Å². The van der Waals surface area contributed by atoms with Crippen LogP contribution < -0.4 is 4.90 Å². The zero-order valence-corrected chi connectivity index (χ0v) is 16.9. The van der Waals surface area contributed by atoms with Gasteiger partial charge in [0.05, 0.1) is 16.8 Å². The highest BCUT2D eigenvalue weighted by Crippen LogP contribution is 2.31. The van der Waals surface area contributed by atoms with E-state index in [4.69, 9.17) is 0 Å². The molecule has 146 valence electrons. The molecule has 1 saturated heterocycles. The summed E-state index contributed by atoms with van der Waals surface area (Å²) in [5, 5.41) is 9.42. The number of anilines is 1. The maximum absolute atomic E-state index is 13.1. The van der Waals surface area contributed by atoms with Gasteiger partial charge < -0.3 is 9.80 Å². The van der Waals surface area contributed by atoms with Gasteiger partial charge in [-0.1, -0.05) is 5.21 Å². The van der Waals surface area contributed by atoms with Gasteiger partial charge in [-0.2, -0.15) is 0 Å². The number of aromatic nitrogens is 5. The molecule has 3 aromatic rings. The number of carbonyl (C=O) groups excluding carboxylic acids is 1. The molecule has 4 heterocycles. The van der Waals surface area contributed by atoms with Gasteiger partial charge in [0.15, 0.2) is 0 Å². The zero-order chi connectivity index (χ0) is 19.3. The van der Waals surface area contributed by atoms with Crippen LogP contribution in [0.5, 0.6) is 0 Å². The summed E-state index contributed by atoms with van der Waals surface area (Å²) in [5.41, 5.74) is 2.16. The third-order valence-corrected chi connectivity index (χ3v) is 6.82. The summed E-state index contributed by atoms with van der Waals surface area (Å²) in [5.74, 6) is 1.30. The number of thiophene rings is 1. The Morgan fingerprint density at radius 1 is 1.21 bits per heavy atom. The normalized spacial score (nSPS) is 19.9. The molecule has 0 aromatic carbocycles. The van der Waals surface area contributed by atoms with E-state index < -0.39 is 0 Å². The Bertz CT molecular complexity index is 1030. The van der Waals surface area contributed by atoms with Crippen LogP contribution in [-0.2, 0) is 24.7 Å². The molecular weight excluding hydrogens is 374 g/mol. The lowest BCUT2D eigenvalue weighted by molar-refractivity contribution is -0.136. The van der Waals surface area contributed by atoms with Crippen LogP contribution in [0.25, 0.3) is 10.2 Å². The molecular formula is C19H23N7OS. The molecule has 1 fully saturated rings. The lowest BCUT2D eigenvalue weighted by Crippen LogP contribution is -2.51. The SMILES string of the molecule is Cc1cc2c(N3CCN(C(=O)C4CCc5nnn(C)c5C4)CC3)ncnc2s1. The molecule has 3 aromatic heterocycles. The summed E-state index contributed by atoms with van der Waals surface area (Å²) < 4.78 is 1.82. The average Bonchev–Trinajstić information content (AvgIpc) is 3.29. The number of fused-ring (bicyclic) bond motifs is 2. The van der Waals surface area contributed by atoms with Crippen molar-refractivity contribution < 1.29 is 4.79 Å². The molecule has 2 aliphatic rings. The van der Waals surface area contributed by atoms with Crippen LogP contribution in [0.2, 0.25) is 0 Å². The van der Waals surface area contributed by atoms with Crippen molar-refractivity contribution in [2.45, 2.75) is 26.2 Å². The van der Waals surface area contributed by atoms with E-state index in [0.29, 0.717) is 0 Å². The first-order valence-corrected chi connectivity index (χ1v) is 10.5. The molecule has 1 aliphatic carbocycles. The first-order valence-electron chi connectivity index (χ1n) is 9.72. The summed E-state index contributed by atoms with van der Waals surface area (Å²) in [7, 11) is 1.91. The lowest BCUT2D eigenvalue weighted by Gasteiger charge is -2.37. The van der Waals surface area contributed by atoms with Crippen molar-refractivity contribution in [1.82, 2.24) is 29.9 Å². The molecule has 1 amide bonds. The first-order chi connectivity index (χ1) is 13.6. The predicted molar refractivity (Wildman–Crippen MR) is 107 cm³/mol. The van der Waals surface area contributed by atoms with E-state index in [2.05, 4.69) is 38.2 Å². The smallest absolute Gasteiger partial charge is 0.226 e. The molecule has 0 bridgehead atoms. The topological polar surface area (TPSA) is 80.0 Å². The summed E-state index contributed by atoms with van der Waals surface area (Å²) in [6.45, 7) is 5.18. The van der Waals surface area contributed by atoms with Crippen molar-refractivity contribution in [3.05, 3.63) is 28.7 Å². The number of hydrogen-bond donors (Lipinski definition) is 0. The fourth-order valence-corrected chi connectivity index (χ4v) is 5.18. The van der Waals surface area contributed by atoms with E-state index in [0.717, 1.165) is 72.9 Å². The monoisotopic (exact) mass is 397 g/mol. The van der Waals surface area contributed by atoms with Gasteiger partial charge in [0, 0.05) is 50.4 Å². The van der Waals surface area contributed by atoms with Gasteiger partial charge in [0.25, 0.3) is 0 Å².